The summed E-state index contributed by atoms with van der Waals surface area (Å²) >= 11 is 1.65. The van der Waals surface area contributed by atoms with E-state index in [0.717, 1.165) is 0 Å². The topological polar surface area (TPSA) is 55.1 Å². The summed E-state index contributed by atoms with van der Waals surface area (Å²) in [6, 6.07) is 1.61. The van der Waals surface area contributed by atoms with Crippen molar-refractivity contribution in [2.75, 3.05) is 7.05 Å². The number of aryl methyl sites for hydroxylation is 1. The molecule has 3 N–H and O–H groups in total. The SMILES string of the molecule is CNC(=O)C(N)Cc1sccc1C. The molecule has 72 valence electrons. The van der Waals surface area contributed by atoms with E-state index < -0.39 is 6.04 Å². The molecule has 0 spiro atoms. The zero-order chi connectivity index (χ0) is 9.84. The number of nitrogens with one attached hydrogen (secondary N) is 1. The highest BCUT2D eigenvalue weighted by atomic mass is 32.1. The molecule has 0 aliphatic heterocycles. The predicted octanol–water partition coefficient (Wildman–Crippen LogP) is 0.672. The second kappa shape index (κ2) is 4.39. The summed E-state index contributed by atoms with van der Waals surface area (Å²) in [4.78, 5) is 12.3. The first-order chi connectivity index (χ1) is 6.15. The van der Waals surface area contributed by atoms with E-state index in [0.29, 0.717) is 6.42 Å². The van der Waals surface area contributed by atoms with E-state index in [2.05, 4.69) is 5.32 Å². The summed E-state index contributed by atoms with van der Waals surface area (Å²) in [6.07, 6.45) is 0.628. The van der Waals surface area contributed by atoms with Crippen molar-refractivity contribution in [2.24, 2.45) is 5.73 Å². The van der Waals surface area contributed by atoms with Crippen molar-refractivity contribution in [1.29, 1.82) is 0 Å². The Labute approximate surface area is 81.9 Å². The highest BCUT2D eigenvalue weighted by molar-refractivity contribution is 7.10. The Bertz CT molecular complexity index is 296. The van der Waals surface area contributed by atoms with Gasteiger partial charge in [0.2, 0.25) is 5.91 Å². The van der Waals surface area contributed by atoms with Crippen molar-refractivity contribution in [1.82, 2.24) is 5.32 Å². The van der Waals surface area contributed by atoms with Crippen LogP contribution < -0.4 is 11.1 Å². The quantitative estimate of drug-likeness (QED) is 0.750. The summed E-state index contributed by atoms with van der Waals surface area (Å²) in [7, 11) is 1.60. The fraction of sp³-hybridized carbons (Fsp3) is 0.444. The van der Waals surface area contributed by atoms with Gasteiger partial charge in [-0.2, -0.15) is 0 Å². The third-order valence-electron chi connectivity index (χ3n) is 1.96. The minimum Gasteiger partial charge on any atom is -0.358 e. The second-order valence-electron chi connectivity index (χ2n) is 2.95. The van der Waals surface area contributed by atoms with Gasteiger partial charge in [0.05, 0.1) is 6.04 Å². The van der Waals surface area contributed by atoms with Gasteiger partial charge >= 0.3 is 0 Å². The minimum absolute atomic E-state index is 0.104. The van der Waals surface area contributed by atoms with Crippen LogP contribution >= 0.6 is 11.3 Å². The molecule has 0 aromatic carbocycles. The normalized spacial score (nSPS) is 12.5. The second-order valence-corrected chi connectivity index (χ2v) is 3.95. The molecule has 1 aromatic heterocycles. The molecule has 1 aromatic rings. The van der Waals surface area contributed by atoms with Gasteiger partial charge in [-0.3, -0.25) is 4.79 Å². The standard InChI is InChI=1S/C9H14N2OS/c1-6-3-4-13-8(6)5-7(10)9(12)11-2/h3-4,7H,5,10H2,1-2H3,(H,11,12). The van der Waals surface area contributed by atoms with Gasteiger partial charge in [-0.05, 0) is 23.9 Å². The highest BCUT2D eigenvalue weighted by Crippen LogP contribution is 2.16. The van der Waals surface area contributed by atoms with Gasteiger partial charge < -0.3 is 11.1 Å². The lowest BCUT2D eigenvalue weighted by atomic mass is 10.1. The van der Waals surface area contributed by atoms with E-state index >= 15 is 0 Å². The zero-order valence-corrected chi connectivity index (χ0v) is 8.65. The van der Waals surface area contributed by atoms with Crippen LogP contribution in [0.2, 0.25) is 0 Å². The van der Waals surface area contributed by atoms with Gasteiger partial charge in [0.15, 0.2) is 0 Å². The third kappa shape index (κ3) is 2.54. The molecule has 1 rings (SSSR count). The van der Waals surface area contributed by atoms with E-state index in [-0.39, 0.29) is 5.91 Å². The van der Waals surface area contributed by atoms with Crippen LogP contribution in [-0.4, -0.2) is 19.0 Å². The van der Waals surface area contributed by atoms with Gasteiger partial charge in [-0.1, -0.05) is 0 Å². The molecular weight excluding hydrogens is 184 g/mol. The molecule has 13 heavy (non-hydrogen) atoms. The summed E-state index contributed by atoms with van der Waals surface area (Å²) < 4.78 is 0. The Morgan fingerprint density at radius 3 is 2.92 bits per heavy atom. The average molecular weight is 198 g/mol. The number of hydrogen-bond acceptors (Lipinski definition) is 3. The first kappa shape index (κ1) is 10.2. The van der Waals surface area contributed by atoms with E-state index in [1.165, 1.54) is 10.4 Å². The molecule has 0 fully saturated rings. The van der Waals surface area contributed by atoms with E-state index in [1.54, 1.807) is 18.4 Å². The molecule has 1 amide bonds. The smallest absolute Gasteiger partial charge is 0.237 e. The van der Waals surface area contributed by atoms with E-state index in [1.807, 2.05) is 18.4 Å². The largest absolute Gasteiger partial charge is 0.358 e. The van der Waals surface area contributed by atoms with Gasteiger partial charge in [0.25, 0.3) is 0 Å². The van der Waals surface area contributed by atoms with Crippen LogP contribution in [0.4, 0.5) is 0 Å². The van der Waals surface area contributed by atoms with Crippen molar-refractivity contribution in [3.05, 3.63) is 21.9 Å². The lowest BCUT2D eigenvalue weighted by molar-refractivity contribution is -0.121. The Morgan fingerprint density at radius 1 is 1.77 bits per heavy atom. The molecule has 1 unspecified atom stereocenters. The Morgan fingerprint density at radius 2 is 2.46 bits per heavy atom. The molecule has 4 heteroatoms. The first-order valence-electron chi connectivity index (χ1n) is 4.15. The lowest BCUT2D eigenvalue weighted by Gasteiger charge is -2.08. The number of amides is 1. The summed E-state index contributed by atoms with van der Waals surface area (Å²) in [6.45, 7) is 2.03. The lowest BCUT2D eigenvalue weighted by Crippen LogP contribution is -2.40. The molecule has 0 saturated carbocycles. The molecule has 1 atom stereocenters. The predicted molar refractivity (Wildman–Crippen MR) is 54.8 cm³/mol. The number of thiophene rings is 1. The molecule has 0 aliphatic rings. The maximum Gasteiger partial charge on any atom is 0.237 e. The fourth-order valence-electron chi connectivity index (χ4n) is 1.09. The van der Waals surface area contributed by atoms with Crippen molar-refractivity contribution >= 4 is 17.2 Å². The number of rotatable bonds is 3. The highest BCUT2D eigenvalue weighted by Gasteiger charge is 2.13. The van der Waals surface area contributed by atoms with E-state index in [9.17, 15) is 4.79 Å². The van der Waals surface area contributed by atoms with Crippen LogP contribution in [0.3, 0.4) is 0 Å². The monoisotopic (exact) mass is 198 g/mol. The van der Waals surface area contributed by atoms with Gasteiger partial charge in [-0.25, -0.2) is 0 Å². The number of carbonyl (C=O) groups excluding carboxylic acids is 1. The molecule has 0 aliphatic carbocycles. The van der Waals surface area contributed by atoms with Gasteiger partial charge in [0, 0.05) is 18.3 Å². The molecule has 0 bridgehead atoms. The maximum atomic E-state index is 11.1. The van der Waals surface area contributed by atoms with Crippen LogP contribution in [0, 0.1) is 6.92 Å². The van der Waals surface area contributed by atoms with Gasteiger partial charge in [0.1, 0.15) is 0 Å². The van der Waals surface area contributed by atoms with Crippen molar-refractivity contribution in [3.8, 4) is 0 Å². The zero-order valence-electron chi connectivity index (χ0n) is 7.83. The van der Waals surface area contributed by atoms with Crippen LogP contribution in [0.1, 0.15) is 10.4 Å². The van der Waals surface area contributed by atoms with Crippen LogP contribution in [0.25, 0.3) is 0 Å². The number of hydrogen-bond donors (Lipinski definition) is 2. The molecular formula is C9H14N2OS. The number of nitrogens with two attached hydrogens (primary N) is 1. The summed E-state index contributed by atoms with van der Waals surface area (Å²) in [5.41, 5.74) is 6.89. The van der Waals surface area contributed by atoms with Crippen molar-refractivity contribution in [2.45, 2.75) is 19.4 Å². The Balaban J connectivity index is 2.59. The molecule has 3 nitrogen and oxygen atoms in total. The average Bonchev–Trinajstić information content (AvgIpc) is 2.50. The molecule has 0 radical (unpaired) electrons. The summed E-state index contributed by atoms with van der Waals surface area (Å²) in [5.74, 6) is -0.104. The van der Waals surface area contributed by atoms with Crippen LogP contribution in [0.15, 0.2) is 11.4 Å². The van der Waals surface area contributed by atoms with E-state index in [4.69, 9.17) is 5.73 Å². The van der Waals surface area contributed by atoms with Gasteiger partial charge in [-0.15, -0.1) is 11.3 Å². The Kier molecular flexibility index (Phi) is 3.45. The van der Waals surface area contributed by atoms with Crippen LogP contribution in [0.5, 0.6) is 0 Å². The fourth-order valence-corrected chi connectivity index (χ4v) is 2.06. The Hall–Kier alpha value is -0.870. The maximum absolute atomic E-state index is 11.1. The number of carbonyl (C=O) groups is 1. The summed E-state index contributed by atoms with van der Waals surface area (Å²) in [5, 5.41) is 4.55. The first-order valence-corrected chi connectivity index (χ1v) is 5.03. The number of likely N-dealkylation sites (N-methyl/N-ethyl adjacent to an activating group) is 1. The molecule has 1 heterocycles. The third-order valence-corrected chi connectivity index (χ3v) is 3.00. The van der Waals surface area contributed by atoms with Crippen molar-refractivity contribution < 1.29 is 4.79 Å². The minimum atomic E-state index is -0.428. The van der Waals surface area contributed by atoms with Crippen molar-refractivity contribution in [3.63, 3.8) is 0 Å². The molecule has 0 saturated heterocycles. The van der Waals surface area contributed by atoms with Crippen LogP contribution in [-0.2, 0) is 11.2 Å².